The Morgan fingerprint density at radius 1 is 0.970 bits per heavy atom. The summed E-state index contributed by atoms with van der Waals surface area (Å²) in [5, 5.41) is 69.9. The topological polar surface area (TPSA) is 213 Å². The Labute approximate surface area is 190 Å². The first kappa shape index (κ1) is 28.0. The van der Waals surface area contributed by atoms with Crippen LogP contribution < -0.4 is 0 Å². The van der Waals surface area contributed by atoms with Crippen molar-refractivity contribution in [1.82, 2.24) is 0 Å². The quantitative estimate of drug-likeness (QED) is 0.125. The second-order valence-corrected chi connectivity index (χ2v) is 9.12. The van der Waals surface area contributed by atoms with Crippen molar-refractivity contribution in [3.63, 3.8) is 0 Å². The number of carbonyl (C=O) groups excluding carboxylic acids is 2. The van der Waals surface area contributed by atoms with E-state index in [9.17, 15) is 45.3 Å². The molecular formula is C20H34O13. The maximum Gasteiger partial charge on any atom is 0.319 e. The Kier molecular flexibility index (Phi) is 8.95. The summed E-state index contributed by atoms with van der Waals surface area (Å²) >= 11 is 0. The molecular weight excluding hydrogens is 448 g/mol. The summed E-state index contributed by atoms with van der Waals surface area (Å²) in [6.07, 6.45) is -13.6. The monoisotopic (exact) mass is 482 g/mol. The lowest BCUT2D eigenvalue weighted by molar-refractivity contribution is -0.383. The third kappa shape index (κ3) is 5.37. The molecule has 192 valence electrons. The fourth-order valence-corrected chi connectivity index (χ4v) is 3.78. The molecule has 0 bridgehead atoms. The number of rotatable bonds is 9. The van der Waals surface area contributed by atoms with Gasteiger partial charge in [0.25, 0.3) is 0 Å². The Bertz CT molecular complexity index is 697. The molecule has 2 aliphatic rings. The van der Waals surface area contributed by atoms with Gasteiger partial charge in [-0.05, 0) is 13.8 Å². The fourth-order valence-electron chi connectivity index (χ4n) is 3.78. The summed E-state index contributed by atoms with van der Waals surface area (Å²) in [6, 6.07) is 0. The van der Waals surface area contributed by atoms with E-state index in [2.05, 4.69) is 0 Å². The Morgan fingerprint density at radius 2 is 1.58 bits per heavy atom. The van der Waals surface area contributed by atoms with Gasteiger partial charge in [0.15, 0.2) is 12.1 Å². The van der Waals surface area contributed by atoms with Gasteiger partial charge in [-0.1, -0.05) is 13.8 Å². The molecule has 0 unspecified atom stereocenters. The summed E-state index contributed by atoms with van der Waals surface area (Å²) in [7, 11) is 0. The predicted molar refractivity (Wildman–Crippen MR) is 106 cm³/mol. The second-order valence-electron chi connectivity index (χ2n) is 9.12. The standard InChI is InChI=1S/C20H34O13/c1-8(2)15(27)19(3,4)18(29)30-6-10-11(23)13(25)14(26)17(31-10)33-20(7-22)16(28)12(24)9(5-21)32-20/h8-14,16-17,21-26,28H,5-7H2,1-4H3/t9-,10-,11-,12-,13+,14-,16+,17-,20+/m1/s1. The number of hydrogen-bond acceptors (Lipinski definition) is 13. The van der Waals surface area contributed by atoms with Gasteiger partial charge in [0.2, 0.25) is 5.79 Å². The summed E-state index contributed by atoms with van der Waals surface area (Å²) in [4.78, 5) is 24.7. The van der Waals surface area contributed by atoms with Crippen LogP contribution in [0.4, 0.5) is 0 Å². The third-order valence-corrected chi connectivity index (χ3v) is 5.92. The largest absolute Gasteiger partial charge is 0.462 e. The maximum atomic E-state index is 12.5. The molecule has 2 fully saturated rings. The van der Waals surface area contributed by atoms with Gasteiger partial charge in [0.1, 0.15) is 61.4 Å². The predicted octanol–water partition coefficient (Wildman–Crippen LogP) is -3.59. The van der Waals surface area contributed by atoms with Crippen molar-refractivity contribution >= 4 is 11.8 Å². The van der Waals surface area contributed by atoms with Crippen molar-refractivity contribution in [2.45, 2.75) is 82.5 Å². The summed E-state index contributed by atoms with van der Waals surface area (Å²) < 4.78 is 21.1. The van der Waals surface area contributed by atoms with Gasteiger partial charge in [0.05, 0.1) is 6.61 Å². The highest BCUT2D eigenvalue weighted by molar-refractivity contribution is 6.03. The Hall–Kier alpha value is -1.26. The van der Waals surface area contributed by atoms with Gasteiger partial charge in [-0.3, -0.25) is 9.59 Å². The lowest BCUT2D eigenvalue weighted by Crippen LogP contribution is -2.63. The molecule has 13 heteroatoms. The highest BCUT2D eigenvalue weighted by Gasteiger charge is 2.58. The molecule has 2 aliphatic heterocycles. The van der Waals surface area contributed by atoms with Gasteiger partial charge in [-0.25, -0.2) is 0 Å². The Balaban J connectivity index is 2.14. The van der Waals surface area contributed by atoms with E-state index >= 15 is 0 Å². The van der Waals surface area contributed by atoms with Crippen LogP contribution in [-0.2, 0) is 28.5 Å². The number of aliphatic hydroxyl groups is 7. The van der Waals surface area contributed by atoms with Gasteiger partial charge in [-0.2, -0.15) is 0 Å². The minimum absolute atomic E-state index is 0.372. The molecule has 0 aliphatic carbocycles. The number of aliphatic hydroxyl groups excluding tert-OH is 7. The number of ketones is 1. The molecule has 0 aromatic rings. The van der Waals surface area contributed by atoms with Crippen LogP contribution in [-0.4, -0.2) is 122 Å². The average molecular weight is 482 g/mol. The molecule has 0 saturated carbocycles. The zero-order valence-corrected chi connectivity index (χ0v) is 18.9. The summed E-state index contributed by atoms with van der Waals surface area (Å²) in [6.45, 7) is 3.63. The van der Waals surface area contributed by atoms with E-state index in [1.807, 2.05) is 0 Å². The van der Waals surface area contributed by atoms with Crippen molar-refractivity contribution < 1.29 is 64.3 Å². The molecule has 33 heavy (non-hydrogen) atoms. The lowest BCUT2D eigenvalue weighted by atomic mass is 9.82. The van der Waals surface area contributed by atoms with Gasteiger partial charge in [0, 0.05) is 5.92 Å². The van der Waals surface area contributed by atoms with Crippen LogP contribution in [0, 0.1) is 11.3 Å². The molecule has 0 amide bonds. The molecule has 0 spiro atoms. The third-order valence-electron chi connectivity index (χ3n) is 5.92. The summed E-state index contributed by atoms with van der Waals surface area (Å²) in [5.74, 6) is -4.04. The van der Waals surface area contributed by atoms with Crippen LogP contribution in [0.15, 0.2) is 0 Å². The average Bonchev–Trinajstić information content (AvgIpc) is 3.02. The molecule has 2 heterocycles. The van der Waals surface area contributed by atoms with Crippen molar-refractivity contribution in [1.29, 1.82) is 0 Å². The van der Waals surface area contributed by atoms with Crippen LogP contribution >= 0.6 is 0 Å². The first-order chi connectivity index (χ1) is 15.2. The van der Waals surface area contributed by atoms with E-state index in [-0.39, 0.29) is 5.78 Å². The SMILES string of the molecule is CC(C)C(=O)C(C)(C)C(=O)OC[C@H]1O[C@H](O[C@]2(CO)O[C@H](CO)[C@@H](O)[C@@H]2O)[C@H](O)[C@@H](O)[C@@H]1O. The first-order valence-corrected chi connectivity index (χ1v) is 10.6. The van der Waals surface area contributed by atoms with Gasteiger partial charge in [-0.15, -0.1) is 0 Å². The zero-order valence-electron chi connectivity index (χ0n) is 18.9. The Morgan fingerprint density at radius 3 is 2.06 bits per heavy atom. The van der Waals surface area contributed by atoms with Crippen LogP contribution in [0.3, 0.4) is 0 Å². The molecule has 0 aromatic heterocycles. The van der Waals surface area contributed by atoms with Crippen LogP contribution in [0.2, 0.25) is 0 Å². The van der Waals surface area contributed by atoms with E-state index in [1.165, 1.54) is 13.8 Å². The lowest BCUT2D eigenvalue weighted by Gasteiger charge is -2.43. The zero-order chi connectivity index (χ0) is 25.3. The first-order valence-electron chi connectivity index (χ1n) is 10.6. The highest BCUT2D eigenvalue weighted by atomic mass is 16.8. The second kappa shape index (κ2) is 10.6. The van der Waals surface area contributed by atoms with E-state index in [1.54, 1.807) is 13.8 Å². The number of esters is 1. The molecule has 2 rings (SSSR count). The number of hydrogen-bond donors (Lipinski definition) is 7. The van der Waals surface area contributed by atoms with Crippen molar-refractivity contribution in [3.05, 3.63) is 0 Å². The highest BCUT2D eigenvalue weighted by Crippen LogP contribution is 2.36. The summed E-state index contributed by atoms with van der Waals surface area (Å²) in [5.41, 5.74) is -1.49. The molecule has 13 nitrogen and oxygen atoms in total. The number of ether oxygens (including phenoxy) is 4. The van der Waals surface area contributed by atoms with Crippen LogP contribution in [0.1, 0.15) is 27.7 Å². The van der Waals surface area contributed by atoms with Crippen LogP contribution in [0.5, 0.6) is 0 Å². The fraction of sp³-hybridized carbons (Fsp3) is 0.900. The normalized spacial score (nSPS) is 39.6. The minimum atomic E-state index is -2.33. The van der Waals surface area contributed by atoms with Crippen molar-refractivity contribution in [2.24, 2.45) is 11.3 Å². The smallest absolute Gasteiger partial charge is 0.319 e. The number of carbonyl (C=O) groups is 2. The molecule has 9 atom stereocenters. The maximum absolute atomic E-state index is 12.5. The number of Topliss-reactive ketones (excluding diaryl/α,β-unsaturated/α-hetero) is 1. The van der Waals surface area contributed by atoms with E-state index in [0.717, 1.165) is 0 Å². The van der Waals surface area contributed by atoms with E-state index < -0.39 is 91.9 Å². The van der Waals surface area contributed by atoms with Crippen molar-refractivity contribution in [2.75, 3.05) is 19.8 Å². The van der Waals surface area contributed by atoms with Gasteiger partial charge < -0.3 is 54.7 Å². The van der Waals surface area contributed by atoms with Crippen LogP contribution in [0.25, 0.3) is 0 Å². The molecule has 2 saturated heterocycles. The van der Waals surface area contributed by atoms with E-state index in [0.29, 0.717) is 0 Å². The molecule has 0 aromatic carbocycles. The van der Waals surface area contributed by atoms with Gasteiger partial charge >= 0.3 is 5.97 Å². The molecule has 7 N–H and O–H groups in total. The van der Waals surface area contributed by atoms with E-state index in [4.69, 9.17) is 18.9 Å². The molecule has 0 radical (unpaired) electrons. The minimum Gasteiger partial charge on any atom is -0.462 e. The van der Waals surface area contributed by atoms with Crippen molar-refractivity contribution in [3.8, 4) is 0 Å².